The summed E-state index contributed by atoms with van der Waals surface area (Å²) in [5, 5.41) is 13.1. The van der Waals surface area contributed by atoms with Crippen molar-refractivity contribution in [2.75, 3.05) is 7.11 Å². The molecule has 4 atom stereocenters. The zero-order valence-corrected chi connectivity index (χ0v) is 19.0. The summed E-state index contributed by atoms with van der Waals surface area (Å²) >= 11 is 0. The Morgan fingerprint density at radius 3 is 2.45 bits per heavy atom. The van der Waals surface area contributed by atoms with E-state index in [1.165, 1.54) is 0 Å². The van der Waals surface area contributed by atoms with Crippen LogP contribution in [-0.4, -0.2) is 60.0 Å². The van der Waals surface area contributed by atoms with E-state index in [0.29, 0.717) is 6.42 Å². The van der Waals surface area contributed by atoms with Gasteiger partial charge < -0.3 is 29.4 Å². The Hall–Kier alpha value is -2.42. The van der Waals surface area contributed by atoms with Crippen LogP contribution in [0.4, 0.5) is 4.79 Å². The Labute approximate surface area is 183 Å². The molecule has 1 aliphatic heterocycles. The molecule has 1 aliphatic rings. The predicted molar refractivity (Wildman–Crippen MR) is 115 cm³/mol. The molecule has 2 N–H and O–H groups in total. The largest absolute Gasteiger partial charge is 0.467 e. The van der Waals surface area contributed by atoms with Gasteiger partial charge in [-0.2, -0.15) is 0 Å². The van der Waals surface area contributed by atoms with Crippen LogP contribution < -0.4 is 5.32 Å². The molecule has 1 aromatic rings. The van der Waals surface area contributed by atoms with E-state index in [-0.39, 0.29) is 0 Å². The first-order valence-electron chi connectivity index (χ1n) is 10.2. The number of carbonyl (C=O) groups is 2. The van der Waals surface area contributed by atoms with Gasteiger partial charge in [0, 0.05) is 0 Å². The molecule has 1 aromatic carbocycles. The molecule has 1 saturated heterocycles. The SMILES string of the molecule is COC(=O)C(O)C(NC(=O)OC(C)(C)C)C1OC(C)(C)OC1C/C=C/c1ccccc1. The Bertz CT molecular complexity index is 770. The minimum Gasteiger partial charge on any atom is -0.467 e. The third-order valence-corrected chi connectivity index (χ3v) is 4.52. The van der Waals surface area contributed by atoms with Crippen molar-refractivity contribution in [3.05, 3.63) is 42.0 Å². The Kier molecular flexibility index (Phi) is 8.22. The van der Waals surface area contributed by atoms with Gasteiger partial charge in [-0.15, -0.1) is 0 Å². The van der Waals surface area contributed by atoms with Crippen molar-refractivity contribution in [3.63, 3.8) is 0 Å². The summed E-state index contributed by atoms with van der Waals surface area (Å²) in [5.41, 5.74) is 0.268. The second kappa shape index (κ2) is 10.3. The molecule has 0 aliphatic carbocycles. The fourth-order valence-electron chi connectivity index (χ4n) is 3.30. The first kappa shape index (κ1) is 24.8. The average molecular weight is 436 g/mol. The number of benzene rings is 1. The minimum absolute atomic E-state index is 0.434. The van der Waals surface area contributed by atoms with Gasteiger partial charge in [-0.05, 0) is 46.6 Å². The summed E-state index contributed by atoms with van der Waals surface area (Å²) in [6.45, 7) is 8.61. The number of hydrogen-bond acceptors (Lipinski definition) is 7. The lowest BCUT2D eigenvalue weighted by molar-refractivity contribution is -0.162. The van der Waals surface area contributed by atoms with Gasteiger partial charge >= 0.3 is 12.1 Å². The number of esters is 1. The quantitative estimate of drug-likeness (QED) is 0.635. The summed E-state index contributed by atoms with van der Waals surface area (Å²) < 4.78 is 21.9. The van der Waals surface area contributed by atoms with E-state index in [0.717, 1.165) is 12.7 Å². The number of ether oxygens (including phenoxy) is 4. The molecule has 0 aromatic heterocycles. The molecule has 8 nitrogen and oxygen atoms in total. The highest BCUT2D eigenvalue weighted by Gasteiger charge is 2.49. The van der Waals surface area contributed by atoms with Gasteiger partial charge in [0.25, 0.3) is 0 Å². The topological polar surface area (TPSA) is 103 Å². The van der Waals surface area contributed by atoms with E-state index in [9.17, 15) is 14.7 Å². The normalized spacial score (nSPS) is 22.7. The van der Waals surface area contributed by atoms with Crippen LogP contribution >= 0.6 is 0 Å². The van der Waals surface area contributed by atoms with Crippen molar-refractivity contribution in [3.8, 4) is 0 Å². The Balaban J connectivity index is 2.23. The molecular formula is C23H33NO7. The number of alkyl carbamates (subject to hydrolysis) is 1. The van der Waals surface area contributed by atoms with E-state index in [4.69, 9.17) is 14.2 Å². The van der Waals surface area contributed by atoms with Crippen LogP contribution in [0.1, 0.15) is 46.6 Å². The number of hydrogen-bond donors (Lipinski definition) is 2. The number of aliphatic hydroxyl groups excluding tert-OH is 1. The van der Waals surface area contributed by atoms with Crippen LogP contribution in [0.15, 0.2) is 36.4 Å². The van der Waals surface area contributed by atoms with E-state index >= 15 is 0 Å². The summed E-state index contributed by atoms with van der Waals surface area (Å²) in [6, 6.07) is 8.61. The van der Waals surface area contributed by atoms with Gasteiger partial charge in [0.1, 0.15) is 11.7 Å². The van der Waals surface area contributed by atoms with Gasteiger partial charge in [-0.3, -0.25) is 0 Å². The molecule has 4 unspecified atom stereocenters. The van der Waals surface area contributed by atoms with Crippen molar-refractivity contribution in [2.24, 2.45) is 0 Å². The van der Waals surface area contributed by atoms with Crippen LogP contribution in [0.2, 0.25) is 0 Å². The third-order valence-electron chi connectivity index (χ3n) is 4.52. The summed E-state index contributed by atoms with van der Waals surface area (Å²) in [4.78, 5) is 24.5. The van der Waals surface area contributed by atoms with Crippen molar-refractivity contribution >= 4 is 18.1 Å². The molecule has 0 saturated carbocycles. The van der Waals surface area contributed by atoms with E-state index in [1.807, 2.05) is 42.5 Å². The smallest absolute Gasteiger partial charge is 0.408 e. The molecular weight excluding hydrogens is 402 g/mol. The molecule has 0 bridgehead atoms. The predicted octanol–water partition coefficient (Wildman–Crippen LogP) is 3.04. The standard InChI is InChI=1S/C23H33NO7/c1-22(2,3)31-21(27)24-17(18(25)20(26)28-6)19-16(29-23(4,5)30-19)14-10-13-15-11-8-7-9-12-15/h7-13,16-19,25H,14H2,1-6H3,(H,24,27)/b13-10+. The van der Waals surface area contributed by atoms with Gasteiger partial charge in [-0.25, -0.2) is 9.59 Å². The summed E-state index contributed by atoms with van der Waals surface area (Å²) in [5.74, 6) is -1.87. The molecule has 1 amide bonds. The molecule has 1 heterocycles. The highest BCUT2D eigenvalue weighted by atomic mass is 16.8. The lowest BCUT2D eigenvalue weighted by atomic mass is 9.97. The van der Waals surface area contributed by atoms with Crippen molar-refractivity contribution in [1.82, 2.24) is 5.32 Å². The van der Waals surface area contributed by atoms with Gasteiger partial charge in [0.15, 0.2) is 11.9 Å². The minimum atomic E-state index is -1.67. The van der Waals surface area contributed by atoms with Crippen LogP contribution in [0.5, 0.6) is 0 Å². The van der Waals surface area contributed by atoms with Crippen LogP contribution in [0.3, 0.4) is 0 Å². The first-order chi connectivity index (χ1) is 14.4. The van der Waals surface area contributed by atoms with Gasteiger partial charge in [0.05, 0.1) is 19.3 Å². The third kappa shape index (κ3) is 7.65. The number of amides is 1. The molecule has 172 valence electrons. The number of aliphatic hydroxyl groups is 1. The van der Waals surface area contributed by atoms with E-state index < -0.39 is 47.8 Å². The molecule has 1 fully saturated rings. The molecule has 31 heavy (non-hydrogen) atoms. The first-order valence-corrected chi connectivity index (χ1v) is 10.2. The summed E-state index contributed by atoms with van der Waals surface area (Å²) in [6.07, 6.45) is 0.494. The zero-order valence-electron chi connectivity index (χ0n) is 19.0. The van der Waals surface area contributed by atoms with Crippen LogP contribution in [0.25, 0.3) is 6.08 Å². The van der Waals surface area contributed by atoms with Crippen molar-refractivity contribution in [2.45, 2.75) is 76.8 Å². The highest BCUT2D eigenvalue weighted by Crippen LogP contribution is 2.33. The molecule has 0 radical (unpaired) electrons. The maximum Gasteiger partial charge on any atom is 0.408 e. The maximum absolute atomic E-state index is 12.4. The van der Waals surface area contributed by atoms with E-state index in [2.05, 4.69) is 10.1 Å². The maximum atomic E-state index is 12.4. The Morgan fingerprint density at radius 1 is 1.23 bits per heavy atom. The average Bonchev–Trinajstić information content (AvgIpc) is 2.98. The zero-order chi connectivity index (χ0) is 23.2. The lowest BCUT2D eigenvalue weighted by Gasteiger charge is -2.30. The monoisotopic (exact) mass is 435 g/mol. The Morgan fingerprint density at radius 2 is 1.87 bits per heavy atom. The fourth-order valence-corrected chi connectivity index (χ4v) is 3.30. The number of carbonyl (C=O) groups excluding carboxylic acids is 2. The highest BCUT2D eigenvalue weighted by molar-refractivity contribution is 5.77. The van der Waals surface area contributed by atoms with Crippen molar-refractivity contribution < 1.29 is 33.6 Å². The number of nitrogens with one attached hydrogen (secondary N) is 1. The van der Waals surface area contributed by atoms with Crippen LogP contribution in [-0.2, 0) is 23.7 Å². The molecule has 8 heteroatoms. The van der Waals surface area contributed by atoms with Crippen molar-refractivity contribution in [1.29, 1.82) is 0 Å². The molecule has 0 spiro atoms. The number of rotatable bonds is 7. The second-order valence-electron chi connectivity index (χ2n) is 8.83. The van der Waals surface area contributed by atoms with Gasteiger partial charge in [-0.1, -0.05) is 42.5 Å². The van der Waals surface area contributed by atoms with Gasteiger partial charge in [0.2, 0.25) is 0 Å². The van der Waals surface area contributed by atoms with Crippen LogP contribution in [0, 0.1) is 0 Å². The fraction of sp³-hybridized carbons (Fsp3) is 0.565. The lowest BCUT2D eigenvalue weighted by Crippen LogP contribution is -2.57. The summed E-state index contributed by atoms with van der Waals surface area (Å²) in [7, 11) is 1.16. The molecule has 2 rings (SSSR count). The number of methoxy groups -OCH3 is 1. The van der Waals surface area contributed by atoms with E-state index in [1.54, 1.807) is 34.6 Å². The second-order valence-corrected chi connectivity index (χ2v) is 8.83.